The maximum Gasteiger partial charge on any atom is 0.233 e. The zero-order chi connectivity index (χ0) is 22.9. The van der Waals surface area contributed by atoms with E-state index >= 15 is 0 Å². The number of hydrogen-bond acceptors (Lipinski definition) is 6. The Morgan fingerprint density at radius 1 is 1.06 bits per heavy atom. The lowest BCUT2D eigenvalue weighted by molar-refractivity contribution is -0.118. The second-order valence-corrected chi connectivity index (χ2v) is 10.8. The molecule has 6 nitrogen and oxygen atoms in total. The lowest BCUT2D eigenvalue weighted by Crippen LogP contribution is -2.32. The van der Waals surface area contributed by atoms with Gasteiger partial charge in [-0.15, -0.1) is 0 Å². The third-order valence-electron chi connectivity index (χ3n) is 5.10. The van der Waals surface area contributed by atoms with Crippen molar-refractivity contribution in [2.45, 2.75) is 31.7 Å². The standard InChI is InChI=1S/C24H23N3O3S2/c1-16-12-17(2)23-21(13-16)31-24(26-23)27(15-19-6-4-5-11-25-19)22(28)14-18-7-9-20(10-8-18)32(3,29)30/h4-13H,14-15H2,1-3H3. The molecule has 0 aliphatic heterocycles. The monoisotopic (exact) mass is 465 g/mol. The maximum absolute atomic E-state index is 13.4. The molecule has 32 heavy (non-hydrogen) atoms. The molecule has 0 aliphatic carbocycles. The van der Waals surface area contributed by atoms with E-state index in [4.69, 9.17) is 4.98 Å². The van der Waals surface area contributed by atoms with Crippen molar-refractivity contribution in [3.63, 3.8) is 0 Å². The average molecular weight is 466 g/mol. The number of thiazole rings is 1. The van der Waals surface area contributed by atoms with Crippen molar-refractivity contribution in [3.8, 4) is 0 Å². The number of aryl methyl sites for hydroxylation is 2. The van der Waals surface area contributed by atoms with Gasteiger partial charge in [0.25, 0.3) is 0 Å². The van der Waals surface area contributed by atoms with Gasteiger partial charge in [-0.1, -0.05) is 35.6 Å². The van der Waals surface area contributed by atoms with Crippen LogP contribution in [0, 0.1) is 13.8 Å². The molecule has 8 heteroatoms. The molecule has 0 radical (unpaired) electrons. The molecule has 0 unspecified atom stereocenters. The van der Waals surface area contributed by atoms with Gasteiger partial charge in [-0.25, -0.2) is 13.4 Å². The van der Waals surface area contributed by atoms with E-state index in [0.29, 0.717) is 11.7 Å². The minimum absolute atomic E-state index is 0.129. The molecular weight excluding hydrogens is 442 g/mol. The van der Waals surface area contributed by atoms with Gasteiger partial charge in [0, 0.05) is 12.5 Å². The summed E-state index contributed by atoms with van der Waals surface area (Å²) in [4.78, 5) is 24.4. The SMILES string of the molecule is Cc1cc(C)c2nc(N(Cc3ccccn3)C(=O)Cc3ccc(S(C)(=O)=O)cc3)sc2c1. The van der Waals surface area contributed by atoms with Gasteiger partial charge in [0.2, 0.25) is 5.91 Å². The summed E-state index contributed by atoms with van der Waals surface area (Å²) in [7, 11) is -3.28. The first-order valence-electron chi connectivity index (χ1n) is 10.1. The number of sulfone groups is 1. The number of nitrogens with zero attached hydrogens (tertiary/aromatic N) is 3. The van der Waals surface area contributed by atoms with Crippen LogP contribution in [-0.2, 0) is 27.6 Å². The zero-order valence-electron chi connectivity index (χ0n) is 18.1. The Hall–Kier alpha value is -3.10. The number of anilines is 1. The lowest BCUT2D eigenvalue weighted by Gasteiger charge is -2.19. The third-order valence-corrected chi connectivity index (χ3v) is 7.26. The molecule has 4 aromatic rings. The molecule has 2 aromatic heterocycles. The summed E-state index contributed by atoms with van der Waals surface area (Å²) in [5.41, 5.74) is 4.62. The smallest absolute Gasteiger partial charge is 0.233 e. The number of amides is 1. The topological polar surface area (TPSA) is 80.2 Å². The third kappa shape index (κ3) is 4.87. The Balaban J connectivity index is 1.68. The number of carbonyl (C=O) groups is 1. The Labute approximate surface area is 191 Å². The first-order chi connectivity index (χ1) is 15.2. The summed E-state index contributed by atoms with van der Waals surface area (Å²) in [6.07, 6.45) is 3.00. The van der Waals surface area contributed by atoms with Gasteiger partial charge in [-0.3, -0.25) is 14.7 Å². The highest BCUT2D eigenvalue weighted by molar-refractivity contribution is 7.90. The van der Waals surface area contributed by atoms with E-state index in [2.05, 4.69) is 17.1 Å². The fourth-order valence-corrected chi connectivity index (χ4v) is 5.30. The Kier molecular flexibility index (Phi) is 6.08. The van der Waals surface area contributed by atoms with Crippen LogP contribution in [0.3, 0.4) is 0 Å². The van der Waals surface area contributed by atoms with Crippen LogP contribution in [0.4, 0.5) is 5.13 Å². The molecule has 0 spiro atoms. The van der Waals surface area contributed by atoms with Gasteiger partial charge in [-0.05, 0) is 60.9 Å². The number of rotatable bonds is 6. The average Bonchev–Trinajstić information content (AvgIpc) is 3.16. The normalized spacial score (nSPS) is 11.6. The van der Waals surface area contributed by atoms with Gasteiger partial charge in [0.15, 0.2) is 15.0 Å². The largest absolute Gasteiger partial charge is 0.282 e. The van der Waals surface area contributed by atoms with E-state index in [9.17, 15) is 13.2 Å². The zero-order valence-corrected chi connectivity index (χ0v) is 19.7. The molecule has 0 N–H and O–H groups in total. The summed E-state index contributed by atoms with van der Waals surface area (Å²) in [6.45, 7) is 4.37. The predicted molar refractivity (Wildman–Crippen MR) is 128 cm³/mol. The Morgan fingerprint density at radius 3 is 2.47 bits per heavy atom. The molecule has 1 amide bonds. The lowest BCUT2D eigenvalue weighted by atomic mass is 10.1. The van der Waals surface area contributed by atoms with Crippen LogP contribution in [0.1, 0.15) is 22.4 Å². The van der Waals surface area contributed by atoms with E-state index in [1.54, 1.807) is 23.2 Å². The molecule has 0 bridgehead atoms. The van der Waals surface area contributed by atoms with E-state index in [-0.39, 0.29) is 17.2 Å². The minimum Gasteiger partial charge on any atom is -0.282 e. The highest BCUT2D eigenvalue weighted by atomic mass is 32.2. The highest BCUT2D eigenvalue weighted by Crippen LogP contribution is 2.32. The van der Waals surface area contributed by atoms with Crippen LogP contribution in [0.2, 0.25) is 0 Å². The first-order valence-corrected chi connectivity index (χ1v) is 12.8. The number of carbonyl (C=O) groups excluding carboxylic acids is 1. The molecule has 0 saturated carbocycles. The molecule has 164 valence electrons. The van der Waals surface area contributed by atoms with Crippen molar-refractivity contribution >= 4 is 42.4 Å². The van der Waals surface area contributed by atoms with Crippen molar-refractivity contribution in [1.29, 1.82) is 0 Å². The molecule has 2 aromatic carbocycles. The molecule has 2 heterocycles. The molecule has 0 aliphatic rings. The minimum atomic E-state index is -3.28. The quantitative estimate of drug-likeness (QED) is 0.419. The van der Waals surface area contributed by atoms with Gasteiger partial charge in [0.05, 0.1) is 33.8 Å². The Bertz CT molecular complexity index is 1380. The van der Waals surface area contributed by atoms with Gasteiger partial charge in [0.1, 0.15) is 0 Å². The summed E-state index contributed by atoms with van der Waals surface area (Å²) in [5.74, 6) is -0.129. The number of hydrogen-bond donors (Lipinski definition) is 0. The highest BCUT2D eigenvalue weighted by Gasteiger charge is 2.22. The number of fused-ring (bicyclic) bond motifs is 1. The summed E-state index contributed by atoms with van der Waals surface area (Å²) in [5, 5.41) is 0.622. The predicted octanol–water partition coefficient (Wildman–Crippen LogP) is 4.49. The molecule has 0 atom stereocenters. The van der Waals surface area contributed by atoms with Crippen LogP contribution in [0.5, 0.6) is 0 Å². The van der Waals surface area contributed by atoms with Gasteiger partial charge in [-0.2, -0.15) is 0 Å². The molecule has 4 rings (SSSR count). The van der Waals surface area contributed by atoms with Crippen LogP contribution in [0.25, 0.3) is 10.2 Å². The van der Waals surface area contributed by atoms with E-state index in [1.807, 2.05) is 32.0 Å². The second kappa shape index (κ2) is 8.80. The van der Waals surface area contributed by atoms with E-state index in [1.165, 1.54) is 29.7 Å². The van der Waals surface area contributed by atoms with E-state index < -0.39 is 9.84 Å². The van der Waals surface area contributed by atoms with Crippen molar-refractivity contribution in [1.82, 2.24) is 9.97 Å². The van der Waals surface area contributed by atoms with Gasteiger partial charge < -0.3 is 0 Å². The van der Waals surface area contributed by atoms with Crippen LogP contribution in [0.15, 0.2) is 65.7 Å². The Morgan fingerprint density at radius 2 is 1.81 bits per heavy atom. The van der Waals surface area contributed by atoms with Crippen molar-refractivity contribution in [2.75, 3.05) is 11.2 Å². The molecule has 0 fully saturated rings. The summed E-state index contributed by atoms with van der Waals surface area (Å²) < 4.78 is 24.5. The number of aromatic nitrogens is 2. The molecular formula is C24H23N3O3S2. The van der Waals surface area contributed by atoms with Crippen molar-refractivity contribution in [2.24, 2.45) is 0 Å². The number of benzene rings is 2. The van der Waals surface area contributed by atoms with Crippen LogP contribution < -0.4 is 4.90 Å². The fraction of sp³-hybridized carbons (Fsp3) is 0.208. The summed E-state index contributed by atoms with van der Waals surface area (Å²) >= 11 is 1.48. The van der Waals surface area contributed by atoms with Crippen LogP contribution in [-0.4, -0.2) is 30.5 Å². The molecule has 0 saturated heterocycles. The van der Waals surface area contributed by atoms with Crippen LogP contribution >= 0.6 is 11.3 Å². The number of pyridine rings is 1. The van der Waals surface area contributed by atoms with Crippen molar-refractivity contribution in [3.05, 3.63) is 83.2 Å². The van der Waals surface area contributed by atoms with E-state index in [0.717, 1.165) is 32.6 Å². The van der Waals surface area contributed by atoms with Gasteiger partial charge >= 0.3 is 0 Å². The summed E-state index contributed by atoms with van der Waals surface area (Å²) in [6, 6.07) is 16.2. The van der Waals surface area contributed by atoms with Crippen molar-refractivity contribution < 1.29 is 13.2 Å². The fourth-order valence-electron chi connectivity index (χ4n) is 3.52. The second-order valence-electron chi connectivity index (χ2n) is 7.82. The maximum atomic E-state index is 13.4. The first kappa shape index (κ1) is 22.1.